The van der Waals surface area contributed by atoms with Crippen molar-refractivity contribution in [3.05, 3.63) is 48.6 Å². The van der Waals surface area contributed by atoms with Crippen LogP contribution in [-0.4, -0.2) is 45.2 Å². The minimum Gasteiger partial charge on any atom is -0.346 e. The van der Waals surface area contributed by atoms with Gasteiger partial charge in [0.05, 0.1) is 5.52 Å². The van der Waals surface area contributed by atoms with Crippen LogP contribution >= 0.6 is 0 Å². The molecule has 0 bridgehead atoms. The number of imidazole rings is 1. The lowest BCUT2D eigenvalue weighted by molar-refractivity contribution is 0.0604. The molecule has 1 atom stereocenters. The maximum Gasteiger partial charge on any atom is 0.287 e. The molecule has 132 valence electrons. The SMILES string of the molecule is C=CCNC(=O)c1nc(C(=O)N2CCCCC2CC)c2ccccn12. The molecule has 2 aromatic rings. The van der Waals surface area contributed by atoms with E-state index in [-0.39, 0.29) is 23.7 Å². The molecular formula is C19H24N4O2. The lowest BCUT2D eigenvalue weighted by atomic mass is 9.99. The van der Waals surface area contributed by atoms with Crippen LogP contribution in [0, 0.1) is 0 Å². The molecule has 1 aliphatic heterocycles. The van der Waals surface area contributed by atoms with E-state index in [1.54, 1.807) is 16.7 Å². The van der Waals surface area contributed by atoms with Crippen molar-refractivity contribution in [2.24, 2.45) is 0 Å². The van der Waals surface area contributed by atoms with Gasteiger partial charge in [0.2, 0.25) is 5.82 Å². The van der Waals surface area contributed by atoms with Crippen LogP contribution in [0.1, 0.15) is 53.7 Å². The van der Waals surface area contributed by atoms with Crippen LogP contribution in [0.5, 0.6) is 0 Å². The fourth-order valence-electron chi connectivity index (χ4n) is 3.43. The van der Waals surface area contributed by atoms with Gasteiger partial charge < -0.3 is 10.2 Å². The van der Waals surface area contributed by atoms with Crippen molar-refractivity contribution < 1.29 is 9.59 Å². The number of carbonyl (C=O) groups excluding carboxylic acids is 2. The molecule has 0 radical (unpaired) electrons. The number of rotatable bonds is 5. The molecule has 2 amide bonds. The number of hydrogen-bond acceptors (Lipinski definition) is 3. The fourth-order valence-corrected chi connectivity index (χ4v) is 3.43. The average molecular weight is 340 g/mol. The van der Waals surface area contributed by atoms with Gasteiger partial charge in [0.1, 0.15) is 0 Å². The third-order valence-electron chi connectivity index (χ3n) is 4.72. The normalized spacial score (nSPS) is 17.5. The summed E-state index contributed by atoms with van der Waals surface area (Å²) in [6.45, 7) is 6.81. The summed E-state index contributed by atoms with van der Waals surface area (Å²) in [4.78, 5) is 31.9. The van der Waals surface area contributed by atoms with Crippen LogP contribution in [0.2, 0.25) is 0 Å². The second kappa shape index (κ2) is 7.51. The van der Waals surface area contributed by atoms with Crippen LogP contribution in [0.15, 0.2) is 37.1 Å². The highest BCUT2D eigenvalue weighted by atomic mass is 16.2. The largest absolute Gasteiger partial charge is 0.346 e. The van der Waals surface area contributed by atoms with Gasteiger partial charge >= 0.3 is 0 Å². The molecule has 6 heteroatoms. The summed E-state index contributed by atoms with van der Waals surface area (Å²) in [6.07, 6.45) is 7.50. The number of pyridine rings is 1. The van der Waals surface area contributed by atoms with Gasteiger partial charge in [0, 0.05) is 25.3 Å². The van der Waals surface area contributed by atoms with E-state index in [4.69, 9.17) is 0 Å². The Morgan fingerprint density at radius 2 is 2.24 bits per heavy atom. The van der Waals surface area contributed by atoms with Gasteiger partial charge in [-0.1, -0.05) is 19.1 Å². The third kappa shape index (κ3) is 3.29. The summed E-state index contributed by atoms with van der Waals surface area (Å²) in [5.41, 5.74) is 1.02. The highest BCUT2D eigenvalue weighted by Gasteiger charge is 2.30. The quantitative estimate of drug-likeness (QED) is 0.851. The van der Waals surface area contributed by atoms with Gasteiger partial charge in [-0.15, -0.1) is 6.58 Å². The predicted octanol–water partition coefficient (Wildman–Crippen LogP) is 2.65. The van der Waals surface area contributed by atoms with Crippen LogP contribution in [0.3, 0.4) is 0 Å². The van der Waals surface area contributed by atoms with Crippen LogP contribution in [0.25, 0.3) is 5.52 Å². The number of nitrogens with zero attached hydrogens (tertiary/aromatic N) is 3. The van der Waals surface area contributed by atoms with E-state index in [9.17, 15) is 9.59 Å². The molecule has 1 aliphatic rings. The Balaban J connectivity index is 1.99. The van der Waals surface area contributed by atoms with Crippen molar-refractivity contribution in [2.75, 3.05) is 13.1 Å². The molecule has 0 aromatic carbocycles. The summed E-state index contributed by atoms with van der Waals surface area (Å²) in [7, 11) is 0. The van der Waals surface area contributed by atoms with E-state index in [0.717, 1.165) is 32.2 Å². The summed E-state index contributed by atoms with van der Waals surface area (Å²) < 4.78 is 1.68. The summed E-state index contributed by atoms with van der Waals surface area (Å²) >= 11 is 0. The van der Waals surface area contributed by atoms with Crippen molar-refractivity contribution in [3.8, 4) is 0 Å². The smallest absolute Gasteiger partial charge is 0.287 e. The first-order valence-electron chi connectivity index (χ1n) is 8.84. The van der Waals surface area contributed by atoms with Crippen LogP contribution in [-0.2, 0) is 0 Å². The monoisotopic (exact) mass is 340 g/mol. The van der Waals surface area contributed by atoms with Gasteiger partial charge in [-0.05, 0) is 37.8 Å². The molecule has 25 heavy (non-hydrogen) atoms. The van der Waals surface area contributed by atoms with E-state index in [2.05, 4.69) is 23.8 Å². The molecule has 1 unspecified atom stereocenters. The summed E-state index contributed by atoms with van der Waals surface area (Å²) in [5.74, 6) is -0.172. The zero-order valence-electron chi connectivity index (χ0n) is 14.6. The summed E-state index contributed by atoms with van der Waals surface area (Å²) in [6, 6.07) is 5.75. The molecule has 0 spiro atoms. The highest BCUT2D eigenvalue weighted by Crippen LogP contribution is 2.23. The lowest BCUT2D eigenvalue weighted by Gasteiger charge is -2.34. The van der Waals surface area contributed by atoms with E-state index in [1.165, 1.54) is 0 Å². The van der Waals surface area contributed by atoms with Crippen molar-refractivity contribution in [3.63, 3.8) is 0 Å². The molecule has 1 fully saturated rings. The van der Waals surface area contributed by atoms with E-state index in [1.807, 2.05) is 23.1 Å². The first-order valence-corrected chi connectivity index (χ1v) is 8.84. The van der Waals surface area contributed by atoms with Gasteiger partial charge in [0.15, 0.2) is 5.69 Å². The molecule has 0 aliphatic carbocycles. The molecular weight excluding hydrogens is 316 g/mol. The van der Waals surface area contributed by atoms with Gasteiger partial charge in [-0.25, -0.2) is 4.98 Å². The predicted molar refractivity (Wildman–Crippen MR) is 96.7 cm³/mol. The van der Waals surface area contributed by atoms with Crippen LogP contribution in [0.4, 0.5) is 0 Å². The maximum atomic E-state index is 13.1. The third-order valence-corrected chi connectivity index (χ3v) is 4.72. The van der Waals surface area contributed by atoms with Crippen LogP contribution < -0.4 is 5.32 Å². The topological polar surface area (TPSA) is 66.7 Å². The van der Waals surface area contributed by atoms with Gasteiger partial charge in [0.25, 0.3) is 11.8 Å². The number of piperidine rings is 1. The minimum absolute atomic E-state index is 0.0852. The number of carbonyl (C=O) groups is 2. The van der Waals surface area contributed by atoms with Crippen molar-refractivity contribution in [2.45, 2.75) is 38.6 Å². The first-order chi connectivity index (χ1) is 12.2. The number of amides is 2. The molecule has 1 saturated heterocycles. The maximum absolute atomic E-state index is 13.1. The van der Waals surface area contributed by atoms with Crippen molar-refractivity contribution in [1.29, 1.82) is 0 Å². The number of hydrogen-bond donors (Lipinski definition) is 1. The van der Waals surface area contributed by atoms with Crippen molar-refractivity contribution >= 4 is 17.3 Å². The molecule has 1 N–H and O–H groups in total. The number of likely N-dealkylation sites (tertiary alicyclic amines) is 1. The first kappa shape index (κ1) is 17.2. The lowest BCUT2D eigenvalue weighted by Crippen LogP contribution is -2.43. The van der Waals surface area contributed by atoms with Gasteiger partial charge in [-0.3, -0.25) is 14.0 Å². The van der Waals surface area contributed by atoms with Crippen molar-refractivity contribution in [1.82, 2.24) is 19.6 Å². The Morgan fingerprint density at radius 1 is 1.40 bits per heavy atom. The Hall–Kier alpha value is -2.63. The molecule has 0 saturated carbocycles. The van der Waals surface area contributed by atoms with E-state index in [0.29, 0.717) is 17.8 Å². The van der Waals surface area contributed by atoms with E-state index < -0.39 is 0 Å². The average Bonchev–Trinajstić information content (AvgIpc) is 3.05. The second-order valence-corrected chi connectivity index (χ2v) is 6.29. The minimum atomic E-state index is -0.314. The number of nitrogens with one attached hydrogen (secondary N) is 1. The Morgan fingerprint density at radius 3 is 3.00 bits per heavy atom. The second-order valence-electron chi connectivity index (χ2n) is 6.29. The fraction of sp³-hybridized carbons (Fsp3) is 0.421. The number of aromatic nitrogens is 2. The highest BCUT2D eigenvalue weighted by molar-refractivity contribution is 6.02. The molecule has 2 aromatic heterocycles. The van der Waals surface area contributed by atoms with Gasteiger partial charge in [-0.2, -0.15) is 0 Å². The van der Waals surface area contributed by atoms with E-state index >= 15 is 0 Å². The Labute approximate surface area is 147 Å². The summed E-state index contributed by atoms with van der Waals surface area (Å²) in [5, 5.41) is 2.73. The molecule has 6 nitrogen and oxygen atoms in total. The Kier molecular flexibility index (Phi) is 5.16. The molecule has 3 heterocycles. The Bertz CT molecular complexity index is 796. The standard InChI is InChI=1S/C19H24N4O2/c1-3-11-20-18(24)17-21-16(15-10-6-8-13-23(15)17)19(25)22-12-7-5-9-14(22)4-2/h3,6,8,10,13-14H,1,4-5,7,9,11-12H2,2H3,(H,20,24). The number of fused-ring (bicyclic) bond motifs is 1. The molecule has 3 rings (SSSR count). The zero-order chi connectivity index (χ0) is 17.8. The zero-order valence-corrected chi connectivity index (χ0v) is 14.6.